The Morgan fingerprint density at radius 2 is 0.795 bits per heavy atom. The van der Waals surface area contributed by atoms with Gasteiger partial charge in [-0.15, -0.1) is 0 Å². The average Bonchev–Trinajstić information content (AvgIpc) is 0.788. The molecule has 8 aliphatic rings. The summed E-state index contributed by atoms with van der Waals surface area (Å²) in [5.41, 5.74) is 2.82. The maximum atomic E-state index is 15.4. The lowest BCUT2D eigenvalue weighted by Gasteiger charge is -2.47. The van der Waals surface area contributed by atoms with Crippen LogP contribution < -0.4 is 0 Å². The predicted octanol–water partition coefficient (Wildman–Crippen LogP) is 8.70. The van der Waals surface area contributed by atoms with Gasteiger partial charge in [-0.2, -0.15) is 0 Å². The van der Waals surface area contributed by atoms with E-state index in [2.05, 4.69) is 0 Å². The Balaban J connectivity index is 1.13. The standard InChI is InChI=1S/C86H136N2O24/c1-47-33-49(3)37-71(105-13)77-73(107-15)41-53(7)85(101,111-77)79(95)81(97)87-31-21-19-25-61(87)83(99)109-75(51(5)39-57-27-29-63(89)69(43-57)103-11)55(9)65(91)45-67(93)59(35-47)23-17-18-24-60-36-48(2)34-50(4)38-72(106-14)78-74(108-16)42-54(8)86(102,112-78)80(96)82(98)88-32-22-20-26-62(88)84(100)110-76(56(10)66(92)46-68(60)94)52(6)40-58-28-30-64(90)70(44-58)104-12/h35-36,39-40,49-50,53-66,69-78,89-92,101-102H,17-34,37-38,41-46H2,1-16H3/b47-35+,48-36+,51-39+,52-40+/t49-,50-,53+,54+,55+,56+,57-,58-,59+,60+,61-,62-,63+,64+,65-,66-,69+,70+,71-,72-,73-,74-,75+,76+,77+,78+,85+,86+/m0/s1. The summed E-state index contributed by atoms with van der Waals surface area (Å²) in [7, 11) is 9.07. The third-order valence-corrected chi connectivity index (χ3v) is 26.2. The van der Waals surface area contributed by atoms with Gasteiger partial charge in [0.15, 0.2) is 0 Å². The van der Waals surface area contributed by atoms with Gasteiger partial charge in [-0.25, -0.2) is 9.59 Å². The van der Waals surface area contributed by atoms with E-state index < -0.39 is 180 Å². The van der Waals surface area contributed by atoms with Crippen LogP contribution in [0.3, 0.4) is 0 Å². The van der Waals surface area contributed by atoms with Gasteiger partial charge in [-0.05, 0) is 191 Å². The number of aliphatic hydroxyl groups excluding tert-OH is 4. The smallest absolute Gasteiger partial charge is 0.329 e. The van der Waals surface area contributed by atoms with E-state index in [0.717, 1.165) is 20.9 Å². The quantitative estimate of drug-likeness (QED) is 0.0386. The van der Waals surface area contributed by atoms with E-state index in [-0.39, 0.29) is 99.7 Å². The Bertz CT molecular complexity index is 3110. The van der Waals surface area contributed by atoms with Crippen molar-refractivity contribution in [3.63, 3.8) is 0 Å². The fourth-order valence-corrected chi connectivity index (χ4v) is 19.3. The Morgan fingerprint density at radius 3 is 1.13 bits per heavy atom. The van der Waals surface area contributed by atoms with Crippen LogP contribution in [-0.2, 0) is 85.7 Å². The van der Waals surface area contributed by atoms with Gasteiger partial charge in [0.1, 0.15) is 48.1 Å². The van der Waals surface area contributed by atoms with E-state index in [4.69, 9.17) is 47.4 Å². The molecule has 4 bridgehead atoms. The molecular weight excluding hydrogens is 1440 g/mol. The number of carbonyl (C=O) groups excluding carboxylic acids is 8. The molecule has 0 aromatic rings. The monoisotopic (exact) mass is 1580 g/mol. The highest BCUT2D eigenvalue weighted by molar-refractivity contribution is 6.39. The largest absolute Gasteiger partial charge is 0.456 e. The number of ketones is 4. The normalized spacial score (nSPS) is 41.7. The van der Waals surface area contributed by atoms with Crippen LogP contribution in [0, 0.1) is 59.2 Å². The Kier molecular flexibility index (Phi) is 34.6. The summed E-state index contributed by atoms with van der Waals surface area (Å²) in [5, 5.41) is 71.5. The van der Waals surface area contributed by atoms with Gasteiger partial charge in [0.25, 0.3) is 23.4 Å². The Labute approximate surface area is 664 Å². The molecule has 4 saturated heterocycles. The summed E-state index contributed by atoms with van der Waals surface area (Å²) in [5.74, 6) is -18.0. The van der Waals surface area contributed by atoms with E-state index in [1.807, 2.05) is 52.0 Å². The molecule has 0 aromatic heterocycles. The minimum absolute atomic E-state index is 0.00621. The molecule has 6 aliphatic heterocycles. The van der Waals surface area contributed by atoms with Crippen molar-refractivity contribution in [3.8, 4) is 0 Å². The number of esters is 2. The first-order valence-corrected chi connectivity index (χ1v) is 41.6. The van der Waals surface area contributed by atoms with Crippen molar-refractivity contribution < 1.29 is 116 Å². The summed E-state index contributed by atoms with van der Waals surface area (Å²) in [6.45, 7) is 18.1. The molecule has 0 spiro atoms. The highest BCUT2D eigenvalue weighted by atomic mass is 16.7. The van der Waals surface area contributed by atoms with Gasteiger partial charge in [-0.3, -0.25) is 28.8 Å². The van der Waals surface area contributed by atoms with Gasteiger partial charge in [0.2, 0.25) is 11.6 Å². The zero-order chi connectivity index (χ0) is 82.4. The lowest BCUT2D eigenvalue weighted by Crippen LogP contribution is -2.64. The summed E-state index contributed by atoms with van der Waals surface area (Å²) in [6, 6.07) is -2.52. The topological polar surface area (TPSA) is 357 Å². The molecule has 6 fully saturated rings. The fraction of sp³-hybridized carbons (Fsp3) is 0.814. The first kappa shape index (κ1) is 92.5. The third kappa shape index (κ3) is 22.6. The molecular formula is C86H136N2O24. The number of ether oxygens (including phenoxy) is 10. The summed E-state index contributed by atoms with van der Waals surface area (Å²) in [4.78, 5) is 122. The number of piperidine rings is 2. The third-order valence-electron chi connectivity index (χ3n) is 26.2. The minimum atomic E-state index is -2.63. The highest BCUT2D eigenvalue weighted by Gasteiger charge is 2.59. The van der Waals surface area contributed by atoms with Crippen molar-refractivity contribution in [1.82, 2.24) is 9.80 Å². The van der Waals surface area contributed by atoms with Crippen molar-refractivity contribution in [2.45, 2.75) is 332 Å². The van der Waals surface area contributed by atoms with Crippen molar-refractivity contribution >= 4 is 46.9 Å². The van der Waals surface area contributed by atoms with E-state index >= 15 is 9.59 Å². The van der Waals surface area contributed by atoms with E-state index in [1.165, 1.54) is 42.7 Å². The Hall–Kier alpha value is -5.04. The van der Waals surface area contributed by atoms with Crippen LogP contribution in [0.1, 0.15) is 223 Å². The molecule has 2 saturated carbocycles. The van der Waals surface area contributed by atoms with E-state index in [0.29, 0.717) is 114 Å². The lowest BCUT2D eigenvalue weighted by atomic mass is 9.81. The molecule has 26 nitrogen and oxygen atoms in total. The molecule has 8 rings (SSSR count). The van der Waals surface area contributed by atoms with Crippen LogP contribution in [0.5, 0.6) is 0 Å². The minimum Gasteiger partial charge on any atom is -0.456 e. The summed E-state index contributed by atoms with van der Waals surface area (Å²) in [6.07, 6.45) is 3.22. The molecule has 2 aliphatic carbocycles. The summed E-state index contributed by atoms with van der Waals surface area (Å²) >= 11 is 0. The van der Waals surface area contributed by atoms with Crippen LogP contribution in [-0.4, -0.2) is 252 Å². The lowest BCUT2D eigenvalue weighted by molar-refractivity contribution is -0.302. The van der Waals surface area contributed by atoms with Gasteiger partial charge >= 0.3 is 11.9 Å². The molecule has 0 radical (unpaired) electrons. The maximum Gasteiger partial charge on any atom is 0.329 e. The predicted molar refractivity (Wildman–Crippen MR) is 414 cm³/mol. The summed E-state index contributed by atoms with van der Waals surface area (Å²) < 4.78 is 61.3. The van der Waals surface area contributed by atoms with Crippen molar-refractivity contribution in [1.29, 1.82) is 0 Å². The van der Waals surface area contributed by atoms with E-state index in [9.17, 15) is 59.4 Å². The molecule has 2 amide bonds. The average molecular weight is 1580 g/mol. The second kappa shape index (κ2) is 41.9. The van der Waals surface area contributed by atoms with Crippen LogP contribution >= 0.6 is 0 Å². The number of nitrogens with zero attached hydrogens (tertiary/aromatic N) is 2. The number of hydrogen-bond donors (Lipinski definition) is 6. The van der Waals surface area contributed by atoms with Crippen molar-refractivity contribution in [2.24, 2.45) is 59.2 Å². The molecule has 6 heterocycles. The zero-order valence-electron chi connectivity index (χ0n) is 69.6. The number of fused-ring (bicyclic) bond motifs is 6. The van der Waals surface area contributed by atoms with Crippen molar-refractivity contribution in [2.75, 3.05) is 55.7 Å². The van der Waals surface area contributed by atoms with Gasteiger partial charge in [-0.1, -0.05) is 89.8 Å². The Morgan fingerprint density at radius 1 is 0.455 bits per heavy atom. The van der Waals surface area contributed by atoms with Crippen LogP contribution in [0.25, 0.3) is 0 Å². The van der Waals surface area contributed by atoms with E-state index in [1.54, 1.807) is 41.5 Å². The van der Waals surface area contributed by atoms with Gasteiger partial charge in [0.05, 0.1) is 61.0 Å². The molecule has 0 unspecified atom stereocenters. The molecule has 0 aromatic carbocycles. The first-order chi connectivity index (χ1) is 53.1. The SMILES string of the molecule is CO[C@H]1C[C@@H](C)C/C(C)=C/[C@@H](CCCC[C@@H]2/C=C(\C)C[C@H](C)C[C@H](OC)[C@H]3O[C@@](O)(C(=O)C(=O)N4CCCC[C@H]4C(=O)O[C@H](/C(C)=C/[C@@H]4CC[C@@H](O)[C@H](OC)C4)[C@H](C)[C@@H](O)CC2=O)[C@H](C)C[C@@H]3OC)C(=O)C[C@H](O)[C@@H](C)[C@@H](/C(C)=C/[C@@H]2CC[C@@H](O)[C@H](OC)C2)OC(=O)[C@@H]2CCCCN2C(=O)C(=O)[C@]2(O)O[C@H]1[C@@H](OC)C[C@H]2C. The van der Waals surface area contributed by atoms with Crippen LogP contribution in [0.4, 0.5) is 0 Å². The number of carbonyl (C=O) groups is 8. The molecule has 112 heavy (non-hydrogen) atoms. The number of methoxy groups -OCH3 is 6. The number of Topliss-reactive ketones (excluding diaryl/α,β-unsaturated/α-hetero) is 4. The van der Waals surface area contributed by atoms with Crippen molar-refractivity contribution in [3.05, 3.63) is 46.6 Å². The number of allylic oxidation sites excluding steroid dienone is 6. The number of aliphatic hydroxyl groups is 6. The zero-order valence-corrected chi connectivity index (χ0v) is 69.6. The van der Waals surface area contributed by atoms with Crippen LogP contribution in [0.15, 0.2) is 46.6 Å². The second-order valence-corrected chi connectivity index (χ2v) is 34.8. The van der Waals surface area contributed by atoms with Gasteiger partial charge < -0.3 is 87.8 Å². The van der Waals surface area contributed by atoms with Crippen LogP contribution in [0.2, 0.25) is 0 Å². The number of unbranched alkanes of at least 4 members (excludes halogenated alkanes) is 1. The highest BCUT2D eigenvalue weighted by Crippen LogP contribution is 2.43. The second-order valence-electron chi connectivity index (χ2n) is 34.8. The number of rotatable bonds is 15. The van der Waals surface area contributed by atoms with Gasteiger partial charge in [0, 0.05) is 104 Å². The number of hydrogen-bond acceptors (Lipinski definition) is 24. The number of amides is 2. The molecule has 6 N–H and O–H groups in total. The first-order valence-electron chi connectivity index (χ1n) is 41.6. The molecule has 26 heteroatoms. The maximum absolute atomic E-state index is 15.4. The molecule has 28 atom stereocenters. The number of cyclic esters (lactones) is 2. The molecule has 634 valence electrons. The fourth-order valence-electron chi connectivity index (χ4n) is 19.3.